The minimum absolute atomic E-state index is 0.00237. The van der Waals surface area contributed by atoms with Gasteiger partial charge in [0.25, 0.3) is 5.91 Å². The van der Waals surface area contributed by atoms with Crippen LogP contribution in [0.1, 0.15) is 106 Å². The van der Waals surface area contributed by atoms with Crippen LogP contribution in [-0.4, -0.2) is 42.1 Å². The maximum absolute atomic E-state index is 14.5. The molecule has 5 aliphatic carbocycles. The van der Waals surface area contributed by atoms with Crippen molar-refractivity contribution in [3.8, 4) is 0 Å². The van der Waals surface area contributed by atoms with E-state index in [0.717, 1.165) is 44.9 Å². The van der Waals surface area contributed by atoms with Crippen LogP contribution in [0.4, 0.5) is 0 Å². The van der Waals surface area contributed by atoms with Crippen molar-refractivity contribution in [2.24, 2.45) is 55.4 Å². The minimum atomic E-state index is -0.742. The molecule has 4 fully saturated rings. The van der Waals surface area contributed by atoms with E-state index in [0.29, 0.717) is 12.8 Å². The Labute approximate surface area is 239 Å². The third-order valence-electron chi connectivity index (χ3n) is 13.7. The number of hydrogen-bond donors (Lipinski definition) is 2. The second-order valence-corrected chi connectivity index (χ2v) is 15.9. The molecule has 4 saturated carbocycles. The Morgan fingerprint density at radius 1 is 1.00 bits per heavy atom. The molecule has 0 aliphatic heterocycles. The number of carbonyl (C=O) groups excluding carboxylic acids is 2. The molecular formula is C33H50N2O5. The molecule has 9 atom stereocenters. The van der Waals surface area contributed by atoms with Crippen LogP contribution < -0.4 is 5.32 Å². The van der Waals surface area contributed by atoms with Crippen molar-refractivity contribution in [1.29, 1.82) is 0 Å². The van der Waals surface area contributed by atoms with Gasteiger partial charge in [-0.05, 0) is 110 Å². The van der Waals surface area contributed by atoms with Crippen LogP contribution in [0.5, 0.6) is 0 Å². The Morgan fingerprint density at radius 2 is 1.68 bits per heavy atom. The van der Waals surface area contributed by atoms with Gasteiger partial charge in [-0.2, -0.15) is 0 Å². The zero-order chi connectivity index (χ0) is 29.5. The van der Waals surface area contributed by atoms with Crippen LogP contribution in [-0.2, 0) is 19.2 Å². The summed E-state index contributed by atoms with van der Waals surface area (Å²) in [5.41, 5.74) is -0.125. The molecule has 0 aromatic heterocycles. The number of carbonyl (C=O) groups is 3. The van der Waals surface area contributed by atoms with Crippen LogP contribution >= 0.6 is 0 Å². The van der Waals surface area contributed by atoms with E-state index >= 15 is 0 Å². The summed E-state index contributed by atoms with van der Waals surface area (Å²) in [4.78, 5) is 44.0. The third-order valence-corrected chi connectivity index (χ3v) is 13.7. The van der Waals surface area contributed by atoms with Gasteiger partial charge < -0.3 is 15.3 Å². The topological polar surface area (TPSA) is 105 Å². The average Bonchev–Trinajstić information content (AvgIpc) is 2.86. The Kier molecular flexibility index (Phi) is 6.71. The predicted molar refractivity (Wildman–Crippen MR) is 154 cm³/mol. The number of ketones is 1. The zero-order valence-electron chi connectivity index (χ0n) is 25.9. The van der Waals surface area contributed by atoms with E-state index in [1.54, 1.807) is 0 Å². The summed E-state index contributed by atoms with van der Waals surface area (Å²) < 4.78 is 0. The van der Waals surface area contributed by atoms with Crippen molar-refractivity contribution >= 4 is 23.9 Å². The fourth-order valence-electron chi connectivity index (χ4n) is 10.9. The zero-order valence-corrected chi connectivity index (χ0v) is 25.9. The molecule has 0 heterocycles. The molecule has 7 heteroatoms. The van der Waals surface area contributed by atoms with E-state index in [2.05, 4.69) is 56.9 Å². The molecule has 0 radical (unpaired) electrons. The maximum Gasteiger partial charge on any atom is 0.309 e. The first-order valence-corrected chi connectivity index (χ1v) is 15.3. The van der Waals surface area contributed by atoms with E-state index in [-0.39, 0.29) is 62.6 Å². The monoisotopic (exact) mass is 554 g/mol. The number of nitrogens with zero attached hydrogens (tertiary/aromatic N) is 1. The third kappa shape index (κ3) is 3.88. The molecule has 0 bridgehead atoms. The second-order valence-electron chi connectivity index (χ2n) is 15.9. The molecular weight excluding hydrogens is 504 g/mol. The van der Waals surface area contributed by atoms with Gasteiger partial charge in [-0.3, -0.25) is 14.4 Å². The summed E-state index contributed by atoms with van der Waals surface area (Å²) in [5.74, 6) is -0.371. The molecule has 0 spiro atoms. The number of aliphatic carboxylic acids is 1. The van der Waals surface area contributed by atoms with Gasteiger partial charge in [0.2, 0.25) is 0 Å². The van der Waals surface area contributed by atoms with E-state index < -0.39 is 11.4 Å². The molecule has 1 amide bonds. The number of carboxylic acid groups (broad SMARTS) is 1. The second kappa shape index (κ2) is 9.16. The molecule has 0 aromatic rings. The van der Waals surface area contributed by atoms with Crippen LogP contribution in [0.25, 0.3) is 0 Å². The lowest BCUT2D eigenvalue weighted by Gasteiger charge is -2.70. The lowest BCUT2D eigenvalue weighted by atomic mass is 9.33. The van der Waals surface area contributed by atoms with Gasteiger partial charge in [0.05, 0.1) is 5.41 Å². The normalized spacial score (nSPS) is 47.7. The molecule has 40 heavy (non-hydrogen) atoms. The van der Waals surface area contributed by atoms with Crippen molar-refractivity contribution in [2.45, 2.75) is 112 Å². The number of fused-ring (bicyclic) bond motifs is 7. The summed E-state index contributed by atoms with van der Waals surface area (Å²) in [7, 11) is 1.42. The van der Waals surface area contributed by atoms with Gasteiger partial charge in [0.1, 0.15) is 13.3 Å². The van der Waals surface area contributed by atoms with Crippen molar-refractivity contribution < 1.29 is 24.3 Å². The Bertz CT molecular complexity index is 1180. The van der Waals surface area contributed by atoms with Gasteiger partial charge in [-0.1, -0.05) is 52.3 Å². The van der Waals surface area contributed by atoms with Crippen molar-refractivity contribution in [2.75, 3.05) is 7.11 Å². The van der Waals surface area contributed by atoms with Gasteiger partial charge in [-0.25, -0.2) is 0 Å². The first kappa shape index (κ1) is 29.3. The molecule has 7 nitrogen and oxygen atoms in total. The quantitative estimate of drug-likeness (QED) is 0.319. The molecule has 5 aliphatic rings. The molecule has 5 rings (SSSR count). The van der Waals surface area contributed by atoms with Gasteiger partial charge in [-0.15, -0.1) is 0 Å². The number of amides is 1. The average molecular weight is 555 g/mol. The first-order chi connectivity index (χ1) is 18.5. The molecule has 222 valence electrons. The number of rotatable bonds is 4. The highest BCUT2D eigenvalue weighted by molar-refractivity contribution is 6.26. The van der Waals surface area contributed by atoms with E-state index in [1.165, 1.54) is 18.9 Å². The lowest BCUT2D eigenvalue weighted by molar-refractivity contribution is -0.189. The highest BCUT2D eigenvalue weighted by Crippen LogP contribution is 2.75. The molecule has 0 saturated heterocycles. The number of hydrogen-bond acceptors (Lipinski definition) is 5. The van der Waals surface area contributed by atoms with Crippen molar-refractivity contribution in [3.05, 3.63) is 11.6 Å². The molecule has 1 unspecified atom stereocenters. The minimum Gasteiger partial charge on any atom is -0.481 e. The van der Waals surface area contributed by atoms with Crippen LogP contribution in [0, 0.1) is 50.2 Å². The Morgan fingerprint density at radius 3 is 2.33 bits per heavy atom. The Hall–Kier alpha value is -2.18. The fraction of sp³-hybridized carbons (Fsp3) is 0.818. The van der Waals surface area contributed by atoms with Crippen molar-refractivity contribution in [3.63, 3.8) is 0 Å². The van der Waals surface area contributed by atoms with Gasteiger partial charge in [0.15, 0.2) is 5.78 Å². The van der Waals surface area contributed by atoms with Gasteiger partial charge in [0, 0.05) is 12.0 Å². The van der Waals surface area contributed by atoms with Crippen LogP contribution in [0.15, 0.2) is 16.8 Å². The lowest BCUT2D eigenvalue weighted by Crippen LogP contribution is -2.67. The number of oxime groups is 1. The Balaban J connectivity index is 1.52. The van der Waals surface area contributed by atoms with Crippen LogP contribution in [0.3, 0.4) is 0 Å². The number of carboxylic acids is 1. The van der Waals surface area contributed by atoms with E-state index in [4.69, 9.17) is 0 Å². The summed E-state index contributed by atoms with van der Waals surface area (Å²) >= 11 is 0. The SMILES string of the molecule is CON=CC(=O)N[C@H]1CC[C@@]2(C)C(CC[C@]3(C)[C@@H]2C(=O)C=C2[C@@H]4C[C@@](C)(C(=O)O)CC[C@]4(C)CC[C@]23C)C1(C)C. The number of allylic oxidation sites excluding steroid dienone is 2. The first-order valence-electron chi connectivity index (χ1n) is 15.3. The molecule has 2 N–H and O–H groups in total. The standard InChI is InChI=1S/C33H50N2O5/c1-28(2)23-9-12-33(7)26(31(23,5)11-10-24(28)35-25(37)19-34-40-8)22(36)17-20-21-18-30(4,27(38)39)14-13-29(21,3)15-16-32(20,33)6/h17,19,21,23-24,26H,9-16,18H2,1-8H3,(H,35,37)(H,38,39)/t21-,23?,24-,26+,29+,30-,31-,32+,33+/m0/s1. The smallest absolute Gasteiger partial charge is 0.309 e. The fourth-order valence-corrected chi connectivity index (χ4v) is 10.9. The van der Waals surface area contributed by atoms with Gasteiger partial charge >= 0.3 is 5.97 Å². The highest BCUT2D eigenvalue weighted by Gasteiger charge is 2.70. The molecule has 0 aromatic carbocycles. The number of nitrogens with one attached hydrogen (secondary N) is 1. The summed E-state index contributed by atoms with van der Waals surface area (Å²) in [6.45, 7) is 15.9. The van der Waals surface area contributed by atoms with Crippen molar-refractivity contribution in [1.82, 2.24) is 5.32 Å². The highest BCUT2D eigenvalue weighted by atomic mass is 16.6. The largest absolute Gasteiger partial charge is 0.481 e. The van der Waals surface area contributed by atoms with E-state index in [1.807, 2.05) is 13.0 Å². The maximum atomic E-state index is 14.5. The summed E-state index contributed by atoms with van der Waals surface area (Å²) in [6, 6.07) is -0.00237. The summed E-state index contributed by atoms with van der Waals surface area (Å²) in [5, 5.41) is 16.9. The summed E-state index contributed by atoms with van der Waals surface area (Å²) in [6.07, 6.45) is 11.2. The predicted octanol–water partition coefficient (Wildman–Crippen LogP) is 6.17. The van der Waals surface area contributed by atoms with E-state index in [9.17, 15) is 19.5 Å². The van der Waals surface area contributed by atoms with Crippen LogP contribution in [0.2, 0.25) is 0 Å².